The number of amides is 3. The van der Waals surface area contributed by atoms with Crippen LogP contribution >= 0.6 is 0 Å². The highest BCUT2D eigenvalue weighted by Crippen LogP contribution is 2.30. The van der Waals surface area contributed by atoms with Crippen molar-refractivity contribution in [1.82, 2.24) is 14.5 Å². The van der Waals surface area contributed by atoms with Crippen molar-refractivity contribution < 1.29 is 27.2 Å². The average molecular weight is 476 g/mol. The van der Waals surface area contributed by atoms with E-state index in [0.717, 1.165) is 17.7 Å². The first kappa shape index (κ1) is 24.4. The van der Waals surface area contributed by atoms with Gasteiger partial charge in [0, 0.05) is 18.7 Å². The van der Waals surface area contributed by atoms with Crippen LogP contribution in [-0.4, -0.2) is 54.5 Å². The molecule has 0 spiro atoms. The zero-order chi connectivity index (χ0) is 24.2. The Labute approximate surface area is 192 Å². The van der Waals surface area contributed by atoms with Gasteiger partial charge in [0.1, 0.15) is 23.3 Å². The Bertz CT molecular complexity index is 1170. The molecule has 1 aliphatic heterocycles. The van der Waals surface area contributed by atoms with Crippen LogP contribution < -0.4 is 5.32 Å². The van der Waals surface area contributed by atoms with Crippen LogP contribution in [0.1, 0.15) is 42.6 Å². The number of carbonyl (C=O) groups excluding carboxylic acids is 3. The molecule has 0 bridgehead atoms. The number of rotatable bonds is 9. The molecule has 0 saturated heterocycles. The molecule has 1 atom stereocenters. The minimum absolute atomic E-state index is 0.0173. The van der Waals surface area contributed by atoms with Gasteiger partial charge in [0.05, 0.1) is 5.56 Å². The van der Waals surface area contributed by atoms with Crippen LogP contribution in [0, 0.1) is 5.82 Å². The van der Waals surface area contributed by atoms with Gasteiger partial charge in [-0.3, -0.25) is 14.4 Å². The molecule has 10 heteroatoms. The third-order valence-corrected chi connectivity index (χ3v) is 7.27. The SMILES string of the molecule is CCCCNC(=O)[C@H](C)N(Cc1ccccc1F)C(=O)CN1C(=O)c2ccccc2S1(=O)=O. The number of nitrogens with one attached hydrogen (secondary N) is 1. The number of hydrogen-bond donors (Lipinski definition) is 1. The van der Waals surface area contributed by atoms with Crippen molar-refractivity contribution in [1.29, 1.82) is 0 Å². The molecule has 0 saturated carbocycles. The second-order valence-corrected chi connectivity index (χ2v) is 9.58. The molecular formula is C23H26FN3O5S. The summed E-state index contributed by atoms with van der Waals surface area (Å²) in [6.07, 6.45) is 1.61. The molecule has 0 radical (unpaired) electrons. The standard InChI is InChI=1S/C23H26FN3O5S/c1-3-4-13-25-22(29)16(2)26(14-17-9-5-7-11-19(17)24)21(28)15-27-23(30)18-10-6-8-12-20(18)33(27,31)32/h5-12,16H,3-4,13-15H2,1-2H3,(H,25,29)/t16-/m0/s1. The maximum absolute atomic E-state index is 14.3. The van der Waals surface area contributed by atoms with E-state index in [1.165, 1.54) is 49.4 Å². The van der Waals surface area contributed by atoms with E-state index in [4.69, 9.17) is 0 Å². The average Bonchev–Trinajstić information content (AvgIpc) is 2.99. The van der Waals surface area contributed by atoms with Crippen molar-refractivity contribution in [2.45, 2.75) is 44.2 Å². The topological polar surface area (TPSA) is 104 Å². The lowest BCUT2D eigenvalue weighted by Crippen LogP contribution is -2.51. The summed E-state index contributed by atoms with van der Waals surface area (Å²) in [5, 5.41) is 2.73. The van der Waals surface area contributed by atoms with Gasteiger partial charge in [-0.15, -0.1) is 0 Å². The molecular weight excluding hydrogens is 449 g/mol. The van der Waals surface area contributed by atoms with Crippen LogP contribution in [-0.2, 0) is 26.2 Å². The summed E-state index contributed by atoms with van der Waals surface area (Å²) < 4.78 is 40.5. The Balaban J connectivity index is 1.87. The van der Waals surface area contributed by atoms with Crippen molar-refractivity contribution in [3.05, 3.63) is 65.5 Å². The third kappa shape index (κ3) is 5.05. The maximum Gasteiger partial charge on any atom is 0.269 e. The summed E-state index contributed by atoms with van der Waals surface area (Å²) in [6, 6.07) is 10.5. The molecule has 8 nitrogen and oxygen atoms in total. The Morgan fingerprint density at radius 2 is 1.79 bits per heavy atom. The highest BCUT2D eigenvalue weighted by molar-refractivity contribution is 7.90. The van der Waals surface area contributed by atoms with E-state index in [-0.39, 0.29) is 22.6 Å². The summed E-state index contributed by atoms with van der Waals surface area (Å²) in [5.74, 6) is -2.62. The number of benzene rings is 2. The van der Waals surface area contributed by atoms with Crippen molar-refractivity contribution in [2.75, 3.05) is 13.1 Å². The molecule has 2 aromatic rings. The van der Waals surface area contributed by atoms with E-state index in [9.17, 15) is 27.2 Å². The van der Waals surface area contributed by atoms with Gasteiger partial charge in [-0.05, 0) is 31.5 Å². The van der Waals surface area contributed by atoms with Crippen molar-refractivity contribution in [3.8, 4) is 0 Å². The van der Waals surface area contributed by atoms with E-state index in [0.29, 0.717) is 10.8 Å². The molecule has 0 unspecified atom stereocenters. The van der Waals surface area contributed by atoms with Gasteiger partial charge in [0.25, 0.3) is 15.9 Å². The highest BCUT2D eigenvalue weighted by Gasteiger charge is 2.43. The number of carbonyl (C=O) groups is 3. The lowest BCUT2D eigenvalue weighted by Gasteiger charge is -2.30. The fourth-order valence-corrected chi connectivity index (χ4v) is 5.05. The monoisotopic (exact) mass is 475 g/mol. The van der Waals surface area contributed by atoms with Crippen LogP contribution in [0.25, 0.3) is 0 Å². The van der Waals surface area contributed by atoms with E-state index in [1.54, 1.807) is 6.07 Å². The van der Waals surface area contributed by atoms with Crippen LogP contribution in [0.2, 0.25) is 0 Å². The lowest BCUT2D eigenvalue weighted by molar-refractivity contribution is -0.140. The Morgan fingerprint density at radius 1 is 1.12 bits per heavy atom. The van der Waals surface area contributed by atoms with Crippen LogP contribution in [0.15, 0.2) is 53.4 Å². The Morgan fingerprint density at radius 3 is 2.45 bits per heavy atom. The number of halogens is 1. The van der Waals surface area contributed by atoms with Gasteiger partial charge >= 0.3 is 0 Å². The summed E-state index contributed by atoms with van der Waals surface area (Å²) >= 11 is 0. The predicted octanol–water partition coefficient (Wildman–Crippen LogP) is 2.30. The molecule has 0 aromatic heterocycles. The second-order valence-electron chi connectivity index (χ2n) is 7.75. The quantitative estimate of drug-likeness (QED) is 0.561. The lowest BCUT2D eigenvalue weighted by atomic mass is 10.1. The zero-order valence-electron chi connectivity index (χ0n) is 18.5. The van der Waals surface area contributed by atoms with E-state index >= 15 is 0 Å². The molecule has 0 fully saturated rings. The summed E-state index contributed by atoms with van der Waals surface area (Å²) in [6.45, 7) is 2.81. The first-order valence-corrected chi connectivity index (χ1v) is 12.1. The fraction of sp³-hybridized carbons (Fsp3) is 0.348. The summed E-state index contributed by atoms with van der Waals surface area (Å²) in [4.78, 5) is 39.5. The minimum atomic E-state index is -4.21. The summed E-state index contributed by atoms with van der Waals surface area (Å²) in [7, 11) is -4.21. The van der Waals surface area contributed by atoms with Crippen LogP contribution in [0.4, 0.5) is 4.39 Å². The Kier molecular flexibility index (Phi) is 7.47. The number of hydrogen-bond acceptors (Lipinski definition) is 5. The predicted molar refractivity (Wildman–Crippen MR) is 119 cm³/mol. The largest absolute Gasteiger partial charge is 0.354 e. The first-order chi connectivity index (χ1) is 15.7. The number of nitrogens with zero attached hydrogens (tertiary/aromatic N) is 2. The molecule has 3 rings (SSSR count). The van der Waals surface area contributed by atoms with E-state index in [1.807, 2.05) is 6.92 Å². The van der Waals surface area contributed by atoms with Crippen LogP contribution in [0.3, 0.4) is 0 Å². The van der Waals surface area contributed by atoms with Gasteiger partial charge in [0.15, 0.2) is 0 Å². The number of sulfonamides is 1. The normalized spacial score (nSPS) is 15.1. The molecule has 0 aliphatic carbocycles. The van der Waals surface area contributed by atoms with Crippen molar-refractivity contribution in [2.24, 2.45) is 0 Å². The molecule has 2 aromatic carbocycles. The maximum atomic E-state index is 14.3. The molecule has 176 valence electrons. The van der Waals surface area contributed by atoms with Gasteiger partial charge in [-0.25, -0.2) is 17.1 Å². The number of fused-ring (bicyclic) bond motifs is 1. The van der Waals surface area contributed by atoms with E-state index in [2.05, 4.69) is 5.32 Å². The highest BCUT2D eigenvalue weighted by atomic mass is 32.2. The molecule has 3 amide bonds. The second kappa shape index (κ2) is 10.1. The van der Waals surface area contributed by atoms with Crippen molar-refractivity contribution >= 4 is 27.7 Å². The van der Waals surface area contributed by atoms with E-state index < -0.39 is 46.1 Å². The molecule has 1 heterocycles. The van der Waals surface area contributed by atoms with Crippen molar-refractivity contribution in [3.63, 3.8) is 0 Å². The van der Waals surface area contributed by atoms with Gasteiger partial charge in [-0.1, -0.05) is 43.7 Å². The van der Waals surface area contributed by atoms with Gasteiger partial charge in [-0.2, -0.15) is 0 Å². The zero-order valence-corrected chi connectivity index (χ0v) is 19.3. The molecule has 1 N–H and O–H groups in total. The fourth-order valence-electron chi connectivity index (χ4n) is 3.53. The first-order valence-electron chi connectivity index (χ1n) is 10.6. The van der Waals surface area contributed by atoms with Gasteiger partial charge < -0.3 is 10.2 Å². The Hall–Kier alpha value is -3.27. The third-order valence-electron chi connectivity index (χ3n) is 5.49. The van der Waals surface area contributed by atoms with Gasteiger partial charge in [0.2, 0.25) is 11.8 Å². The molecule has 33 heavy (non-hydrogen) atoms. The minimum Gasteiger partial charge on any atom is -0.354 e. The smallest absolute Gasteiger partial charge is 0.269 e. The molecule has 1 aliphatic rings. The van der Waals surface area contributed by atoms with Crippen LogP contribution in [0.5, 0.6) is 0 Å². The summed E-state index contributed by atoms with van der Waals surface area (Å²) in [5.41, 5.74) is 0.147. The number of unbranched alkanes of at least 4 members (excludes halogenated alkanes) is 1.